The van der Waals surface area contributed by atoms with Crippen LogP contribution in [-0.2, 0) is 65.6 Å². The van der Waals surface area contributed by atoms with Gasteiger partial charge in [-0.15, -0.1) is 0 Å². The number of fused-ring (bicyclic) bond motifs is 1. The summed E-state index contributed by atoms with van der Waals surface area (Å²) >= 11 is 0. The molecule has 10 amide bonds. The number of hydrogen-bond acceptors (Lipinski definition) is 15. The van der Waals surface area contributed by atoms with Crippen LogP contribution in [0.15, 0.2) is 54.7 Å². The number of carbonyl (C=O) groups is 11. The zero-order chi connectivity index (χ0) is 68.5. The summed E-state index contributed by atoms with van der Waals surface area (Å²) in [6.07, 6.45) is 16.6. The number of nitrogens with one attached hydrogen (secondary N) is 10. The highest BCUT2D eigenvalue weighted by Crippen LogP contribution is 2.21. The maximum Gasteiger partial charge on any atom is 0.303 e. The van der Waals surface area contributed by atoms with Crippen molar-refractivity contribution in [2.75, 3.05) is 32.8 Å². The molecule has 0 radical (unpaired) electrons. The number of amides is 10. The Morgan fingerprint density at radius 2 is 0.957 bits per heavy atom. The van der Waals surface area contributed by atoms with E-state index in [9.17, 15) is 68.1 Å². The molecular formula is C66H105N13O14. The van der Waals surface area contributed by atoms with Gasteiger partial charge < -0.3 is 85.4 Å². The molecule has 7 unspecified atom stereocenters. The largest absolute Gasteiger partial charge is 0.508 e. The maximum absolute atomic E-state index is 14.7. The minimum Gasteiger partial charge on any atom is -0.508 e. The number of aliphatic hydroxyl groups excluding tert-OH is 1. The van der Waals surface area contributed by atoms with Gasteiger partial charge in [0.25, 0.3) is 0 Å². The van der Waals surface area contributed by atoms with Crippen LogP contribution in [0.5, 0.6) is 5.75 Å². The van der Waals surface area contributed by atoms with Crippen molar-refractivity contribution in [1.29, 1.82) is 0 Å². The van der Waals surface area contributed by atoms with Crippen molar-refractivity contribution >= 4 is 75.9 Å². The molecule has 0 bridgehead atoms. The van der Waals surface area contributed by atoms with E-state index in [-0.39, 0.29) is 82.0 Å². The predicted octanol–water partition coefficient (Wildman–Crippen LogP) is 2.41. The number of aromatic hydroxyl groups is 1. The number of rotatable bonds is 50. The van der Waals surface area contributed by atoms with Crippen molar-refractivity contribution in [3.05, 3.63) is 65.9 Å². The number of hydrogen-bond donors (Lipinski definition) is 16. The molecule has 27 nitrogen and oxygen atoms in total. The van der Waals surface area contributed by atoms with Crippen LogP contribution in [0.25, 0.3) is 10.9 Å². The quantitative estimate of drug-likeness (QED) is 0.0361. The first kappa shape index (κ1) is 79.1. The number of phenols is 1. The Hall–Kier alpha value is -8.17. The van der Waals surface area contributed by atoms with Crippen molar-refractivity contribution in [2.24, 2.45) is 23.1 Å². The van der Waals surface area contributed by atoms with Gasteiger partial charge in [0.15, 0.2) is 0 Å². The van der Waals surface area contributed by atoms with Crippen LogP contribution >= 0.6 is 0 Å². The van der Waals surface area contributed by atoms with Gasteiger partial charge in [-0.2, -0.15) is 0 Å². The van der Waals surface area contributed by atoms with E-state index in [1.807, 2.05) is 24.3 Å². The monoisotopic (exact) mass is 1300 g/mol. The number of aliphatic carboxylic acids is 1. The second kappa shape index (κ2) is 45.2. The number of benzene rings is 2. The second-order valence-electron chi connectivity index (χ2n) is 24.2. The lowest BCUT2D eigenvalue weighted by Crippen LogP contribution is -2.60. The van der Waals surface area contributed by atoms with E-state index in [1.54, 1.807) is 20.0 Å². The van der Waals surface area contributed by atoms with Crippen LogP contribution < -0.4 is 65.1 Å². The summed E-state index contributed by atoms with van der Waals surface area (Å²) in [6.45, 7) is 4.24. The van der Waals surface area contributed by atoms with Crippen LogP contribution in [0.1, 0.15) is 180 Å². The Bertz CT molecular complexity index is 2820. The highest BCUT2D eigenvalue weighted by Gasteiger charge is 2.35. The number of aliphatic hydroxyl groups is 1. The topological polar surface area (TPSA) is 451 Å². The minimum atomic E-state index is -1.65. The molecule has 0 aliphatic rings. The zero-order valence-corrected chi connectivity index (χ0v) is 54.6. The fourth-order valence-corrected chi connectivity index (χ4v) is 10.5. The Balaban J connectivity index is 1.79. The number of aromatic nitrogens is 1. The summed E-state index contributed by atoms with van der Waals surface area (Å²) in [7, 11) is 0. The van der Waals surface area contributed by atoms with Gasteiger partial charge in [0.1, 0.15) is 48.0 Å². The van der Waals surface area contributed by atoms with Gasteiger partial charge in [-0.05, 0) is 106 Å². The van der Waals surface area contributed by atoms with E-state index in [0.717, 1.165) is 36.6 Å². The van der Waals surface area contributed by atoms with Crippen LogP contribution in [0, 0.1) is 5.92 Å². The zero-order valence-electron chi connectivity index (χ0n) is 54.6. The third-order valence-electron chi connectivity index (χ3n) is 15.7. The van der Waals surface area contributed by atoms with E-state index >= 15 is 0 Å². The number of aromatic amines is 1. The molecule has 2 aromatic carbocycles. The average molecular weight is 1300 g/mol. The molecule has 518 valence electrons. The van der Waals surface area contributed by atoms with Crippen LogP contribution in [-0.4, -0.2) is 160 Å². The van der Waals surface area contributed by atoms with E-state index < -0.39 is 134 Å². The Labute approximate surface area is 545 Å². The van der Waals surface area contributed by atoms with E-state index in [0.29, 0.717) is 30.4 Å². The molecule has 0 aliphatic carbocycles. The molecule has 0 saturated heterocycles. The molecular weight excluding hydrogens is 1200 g/mol. The maximum atomic E-state index is 14.7. The van der Waals surface area contributed by atoms with E-state index in [4.69, 9.17) is 17.2 Å². The molecule has 3 aromatic rings. The van der Waals surface area contributed by atoms with E-state index in [2.05, 4.69) is 59.8 Å². The van der Waals surface area contributed by atoms with Crippen molar-refractivity contribution in [3.63, 3.8) is 0 Å². The molecule has 27 heteroatoms. The molecule has 1 heterocycles. The lowest BCUT2D eigenvalue weighted by atomic mass is 9.99. The second-order valence-corrected chi connectivity index (χ2v) is 24.2. The highest BCUT2D eigenvalue weighted by atomic mass is 16.4. The van der Waals surface area contributed by atoms with Crippen molar-refractivity contribution in [3.8, 4) is 5.75 Å². The number of carbonyl (C=O) groups excluding carboxylic acids is 10. The Morgan fingerprint density at radius 3 is 1.47 bits per heavy atom. The number of phenolic OH excluding ortho intramolecular Hbond substituents is 1. The molecule has 0 aliphatic heterocycles. The fourth-order valence-electron chi connectivity index (χ4n) is 10.5. The van der Waals surface area contributed by atoms with Gasteiger partial charge >= 0.3 is 5.97 Å². The first-order valence-electron chi connectivity index (χ1n) is 33.1. The summed E-state index contributed by atoms with van der Waals surface area (Å²) in [5.41, 5.74) is 18.9. The Morgan fingerprint density at radius 1 is 0.484 bits per heavy atom. The molecule has 0 fully saturated rings. The van der Waals surface area contributed by atoms with Gasteiger partial charge in [-0.1, -0.05) is 128 Å². The van der Waals surface area contributed by atoms with Crippen molar-refractivity contribution in [1.82, 2.24) is 52.8 Å². The molecule has 19 N–H and O–H groups in total. The third-order valence-corrected chi connectivity index (χ3v) is 15.7. The SMILES string of the molecule is CCCCCCCCCCCCCCCC(=O)NCC(=O)NC(CO)C(=O)NC(CCC(=O)O)C(=O)NC(CCCCN)C(=O)NC(CCCCN)C(=O)NC(Cc1ccc(O)cc1)C(=O)NC(CC(C)C)C(=O)NC(Cc1c[nH]c2ccccc12)C(=O)NCC(N)=O. The van der Waals surface area contributed by atoms with Crippen LogP contribution in [0.4, 0.5) is 0 Å². The third kappa shape index (κ3) is 32.3. The fraction of sp³-hybridized carbons (Fsp3) is 0.621. The lowest BCUT2D eigenvalue weighted by Gasteiger charge is -2.28. The van der Waals surface area contributed by atoms with Gasteiger partial charge in [-0.3, -0.25) is 52.7 Å². The van der Waals surface area contributed by atoms with Crippen molar-refractivity contribution < 1.29 is 68.1 Å². The first-order valence-corrected chi connectivity index (χ1v) is 33.1. The van der Waals surface area contributed by atoms with Gasteiger partial charge in [0.2, 0.25) is 59.1 Å². The molecule has 1 aromatic heterocycles. The van der Waals surface area contributed by atoms with E-state index in [1.165, 1.54) is 75.6 Å². The summed E-state index contributed by atoms with van der Waals surface area (Å²) < 4.78 is 0. The van der Waals surface area contributed by atoms with Gasteiger partial charge in [-0.25, -0.2) is 0 Å². The van der Waals surface area contributed by atoms with Crippen LogP contribution in [0.2, 0.25) is 0 Å². The summed E-state index contributed by atoms with van der Waals surface area (Å²) in [5, 5.41) is 53.8. The number of para-hydroxylation sites is 1. The Kier molecular flexibility index (Phi) is 38.4. The van der Waals surface area contributed by atoms with Gasteiger partial charge in [0.05, 0.1) is 19.7 Å². The summed E-state index contributed by atoms with van der Waals surface area (Å²) in [6, 6.07) is 2.95. The summed E-state index contributed by atoms with van der Waals surface area (Å²) in [5.74, 6) is -9.84. The van der Waals surface area contributed by atoms with Crippen molar-refractivity contribution in [2.45, 2.75) is 224 Å². The van der Waals surface area contributed by atoms with Gasteiger partial charge in [0, 0.05) is 42.8 Å². The number of primary amides is 1. The molecule has 0 saturated carbocycles. The standard InChI is InChI=1S/C66H105N13O14/c1-4-5-6-7-8-9-10-11-12-13-14-15-16-27-57(83)71-41-58(84)73-55(42-80)66(93)76-51(32-33-59(85)86)63(90)75-49(25-19-21-34-67)61(88)74-50(26-20-22-35-68)62(89)78-53(37-44-28-30-46(81)31-29-44)65(92)77-52(36-43(2)3)64(91)79-54(60(87)72-40-56(69)82)38-45-39-70-48-24-18-17-23-47(45)48/h17-18,23-24,28-31,39,43,49-55,70,80-81H,4-16,19-22,25-27,32-38,40-42,67-68H2,1-3H3,(H2,69,82)(H,71,83)(H,72,87)(H,73,84)(H,74,88)(H,75,90)(H,76,93)(H,77,92)(H,78,89)(H,79,91)(H,85,86). The van der Waals surface area contributed by atoms with Crippen LogP contribution in [0.3, 0.4) is 0 Å². The first-order chi connectivity index (χ1) is 44.6. The molecule has 0 spiro atoms. The average Bonchev–Trinajstić information content (AvgIpc) is 2.69. The summed E-state index contributed by atoms with van der Waals surface area (Å²) in [4.78, 5) is 152. The smallest absolute Gasteiger partial charge is 0.303 e. The molecule has 7 atom stereocenters. The normalized spacial score (nSPS) is 13.5. The predicted molar refractivity (Wildman–Crippen MR) is 352 cm³/mol. The number of carboxylic acid groups (broad SMARTS) is 1. The molecule has 3 rings (SSSR count). The number of H-pyrrole nitrogens is 1. The number of unbranched alkanes of at least 4 members (excludes halogenated alkanes) is 14. The number of carboxylic acids is 1. The lowest BCUT2D eigenvalue weighted by molar-refractivity contribution is -0.139. The minimum absolute atomic E-state index is 0.0332. The number of nitrogens with two attached hydrogens (primary N) is 3. The molecule has 93 heavy (non-hydrogen) atoms. The highest BCUT2D eigenvalue weighted by molar-refractivity contribution is 5.98.